The van der Waals surface area contributed by atoms with Crippen molar-refractivity contribution < 1.29 is 9.21 Å². The molecule has 0 fully saturated rings. The SMILES string of the molecule is CCC(CC#N)NC(=O)c1ccoc1. The second kappa shape index (κ2) is 5.07. The Bertz CT molecular complexity index is 324. The fraction of sp³-hybridized carbons (Fsp3) is 0.400. The van der Waals surface area contributed by atoms with Gasteiger partial charge in [0.25, 0.3) is 5.91 Å². The summed E-state index contributed by atoms with van der Waals surface area (Å²) < 4.78 is 4.78. The van der Waals surface area contributed by atoms with Crippen LogP contribution in [0, 0.1) is 11.3 Å². The summed E-state index contributed by atoms with van der Waals surface area (Å²) in [5.41, 5.74) is 0.487. The second-order valence-electron chi connectivity index (χ2n) is 2.95. The summed E-state index contributed by atoms with van der Waals surface area (Å²) in [5, 5.41) is 11.2. The van der Waals surface area contributed by atoms with E-state index in [-0.39, 0.29) is 11.9 Å². The smallest absolute Gasteiger partial charge is 0.254 e. The van der Waals surface area contributed by atoms with Crippen LogP contribution in [0.4, 0.5) is 0 Å². The van der Waals surface area contributed by atoms with Crippen LogP contribution in [0.15, 0.2) is 23.0 Å². The molecule has 0 saturated heterocycles. The third-order valence-corrected chi connectivity index (χ3v) is 1.95. The molecular formula is C10H12N2O2. The highest BCUT2D eigenvalue weighted by molar-refractivity contribution is 5.93. The summed E-state index contributed by atoms with van der Waals surface area (Å²) in [6.07, 6.45) is 3.91. The number of carbonyl (C=O) groups is 1. The van der Waals surface area contributed by atoms with E-state index < -0.39 is 0 Å². The largest absolute Gasteiger partial charge is 0.472 e. The van der Waals surface area contributed by atoms with Crippen LogP contribution in [0.3, 0.4) is 0 Å². The zero-order chi connectivity index (χ0) is 10.4. The van der Waals surface area contributed by atoms with Crippen molar-refractivity contribution >= 4 is 5.91 Å². The van der Waals surface area contributed by atoms with E-state index in [2.05, 4.69) is 5.32 Å². The van der Waals surface area contributed by atoms with Crippen LogP contribution < -0.4 is 5.32 Å². The first-order valence-corrected chi connectivity index (χ1v) is 4.48. The first-order chi connectivity index (χ1) is 6.77. The molecule has 1 aromatic heterocycles. The molecule has 4 nitrogen and oxygen atoms in total. The lowest BCUT2D eigenvalue weighted by Gasteiger charge is -2.12. The van der Waals surface area contributed by atoms with Gasteiger partial charge in [0.15, 0.2) is 0 Å². The number of carbonyl (C=O) groups excluding carboxylic acids is 1. The summed E-state index contributed by atoms with van der Waals surface area (Å²) in [4.78, 5) is 11.5. The molecule has 1 rings (SSSR count). The number of hydrogen-bond donors (Lipinski definition) is 1. The van der Waals surface area contributed by atoms with Crippen molar-refractivity contribution in [2.24, 2.45) is 0 Å². The fourth-order valence-corrected chi connectivity index (χ4v) is 1.07. The minimum Gasteiger partial charge on any atom is -0.472 e. The summed E-state index contributed by atoms with van der Waals surface area (Å²) in [7, 11) is 0. The van der Waals surface area contributed by atoms with Crippen molar-refractivity contribution in [3.8, 4) is 6.07 Å². The molecule has 0 aromatic carbocycles. The maximum absolute atomic E-state index is 11.5. The molecule has 0 spiro atoms. The van der Waals surface area contributed by atoms with E-state index in [4.69, 9.17) is 9.68 Å². The van der Waals surface area contributed by atoms with Gasteiger partial charge in [0.05, 0.1) is 24.3 Å². The molecule has 74 valence electrons. The monoisotopic (exact) mass is 192 g/mol. The molecule has 14 heavy (non-hydrogen) atoms. The lowest BCUT2D eigenvalue weighted by Crippen LogP contribution is -2.33. The van der Waals surface area contributed by atoms with Crippen LogP contribution in [-0.2, 0) is 0 Å². The van der Waals surface area contributed by atoms with Gasteiger partial charge in [0.1, 0.15) is 6.26 Å². The van der Waals surface area contributed by atoms with E-state index in [9.17, 15) is 4.79 Å². The molecule has 0 radical (unpaired) electrons. The summed E-state index contributed by atoms with van der Waals surface area (Å²) >= 11 is 0. The highest BCUT2D eigenvalue weighted by Crippen LogP contribution is 2.02. The lowest BCUT2D eigenvalue weighted by atomic mass is 10.1. The predicted octanol–water partition coefficient (Wildman–Crippen LogP) is 1.70. The Morgan fingerprint density at radius 3 is 3.07 bits per heavy atom. The number of furan rings is 1. The van der Waals surface area contributed by atoms with E-state index in [1.165, 1.54) is 12.5 Å². The first-order valence-electron chi connectivity index (χ1n) is 4.48. The summed E-state index contributed by atoms with van der Waals surface area (Å²) in [6, 6.07) is 3.54. The van der Waals surface area contributed by atoms with Crippen molar-refractivity contribution in [1.29, 1.82) is 5.26 Å². The van der Waals surface area contributed by atoms with Crippen LogP contribution in [0.5, 0.6) is 0 Å². The molecule has 0 aliphatic heterocycles. The number of nitrogens with one attached hydrogen (secondary N) is 1. The molecule has 4 heteroatoms. The van der Waals surface area contributed by atoms with E-state index in [1.54, 1.807) is 6.07 Å². The third kappa shape index (κ3) is 2.63. The zero-order valence-corrected chi connectivity index (χ0v) is 7.99. The van der Waals surface area contributed by atoms with Crippen LogP contribution in [0.25, 0.3) is 0 Å². The quantitative estimate of drug-likeness (QED) is 0.789. The van der Waals surface area contributed by atoms with E-state index >= 15 is 0 Å². The van der Waals surface area contributed by atoms with E-state index in [0.717, 1.165) is 6.42 Å². The molecule has 1 unspecified atom stereocenters. The lowest BCUT2D eigenvalue weighted by molar-refractivity contribution is 0.0936. The Hall–Kier alpha value is -1.76. The Kier molecular flexibility index (Phi) is 3.74. The van der Waals surface area contributed by atoms with Gasteiger partial charge in [-0.1, -0.05) is 6.92 Å². The molecule has 1 N–H and O–H groups in total. The number of hydrogen-bond acceptors (Lipinski definition) is 3. The number of nitriles is 1. The second-order valence-corrected chi connectivity index (χ2v) is 2.95. The molecule has 1 amide bonds. The molecular weight excluding hydrogens is 180 g/mol. The average molecular weight is 192 g/mol. The van der Waals surface area contributed by atoms with Crippen LogP contribution in [0.2, 0.25) is 0 Å². The molecule has 0 bridgehead atoms. The van der Waals surface area contributed by atoms with Crippen molar-refractivity contribution in [1.82, 2.24) is 5.32 Å². The van der Waals surface area contributed by atoms with Gasteiger partial charge in [-0.3, -0.25) is 4.79 Å². The topological polar surface area (TPSA) is 66.0 Å². The van der Waals surface area contributed by atoms with Gasteiger partial charge in [-0.05, 0) is 12.5 Å². The van der Waals surface area contributed by atoms with Crippen molar-refractivity contribution in [3.63, 3.8) is 0 Å². The standard InChI is InChI=1S/C10H12N2O2/c1-2-9(3-5-11)12-10(13)8-4-6-14-7-8/h4,6-7,9H,2-3H2,1H3,(H,12,13). The minimum absolute atomic E-state index is 0.0811. The van der Waals surface area contributed by atoms with Gasteiger partial charge in [-0.25, -0.2) is 0 Å². The molecule has 0 aliphatic carbocycles. The van der Waals surface area contributed by atoms with Gasteiger partial charge < -0.3 is 9.73 Å². The molecule has 0 aliphatic rings. The van der Waals surface area contributed by atoms with Crippen molar-refractivity contribution in [3.05, 3.63) is 24.2 Å². The zero-order valence-electron chi connectivity index (χ0n) is 7.99. The highest BCUT2D eigenvalue weighted by Gasteiger charge is 2.12. The molecule has 1 heterocycles. The first kappa shape index (κ1) is 10.3. The van der Waals surface area contributed by atoms with Gasteiger partial charge in [-0.15, -0.1) is 0 Å². The number of amides is 1. The minimum atomic E-state index is -0.194. The number of rotatable bonds is 4. The Balaban J connectivity index is 2.52. The predicted molar refractivity (Wildman–Crippen MR) is 50.5 cm³/mol. The van der Waals surface area contributed by atoms with Gasteiger partial charge in [-0.2, -0.15) is 5.26 Å². The van der Waals surface area contributed by atoms with Gasteiger partial charge >= 0.3 is 0 Å². The van der Waals surface area contributed by atoms with Crippen LogP contribution in [-0.4, -0.2) is 11.9 Å². The molecule has 0 saturated carbocycles. The summed E-state index contributed by atoms with van der Waals surface area (Å²) in [6.45, 7) is 1.93. The number of nitrogens with zero attached hydrogens (tertiary/aromatic N) is 1. The van der Waals surface area contributed by atoms with Crippen LogP contribution in [0.1, 0.15) is 30.1 Å². The normalized spacial score (nSPS) is 11.7. The Labute approximate surface area is 82.5 Å². The average Bonchev–Trinajstić information content (AvgIpc) is 2.69. The van der Waals surface area contributed by atoms with E-state index in [0.29, 0.717) is 12.0 Å². The van der Waals surface area contributed by atoms with Gasteiger partial charge in [0.2, 0.25) is 0 Å². The van der Waals surface area contributed by atoms with Crippen molar-refractivity contribution in [2.45, 2.75) is 25.8 Å². The fourth-order valence-electron chi connectivity index (χ4n) is 1.07. The van der Waals surface area contributed by atoms with Crippen LogP contribution >= 0.6 is 0 Å². The molecule has 1 atom stereocenters. The Morgan fingerprint density at radius 2 is 2.57 bits per heavy atom. The van der Waals surface area contributed by atoms with E-state index in [1.807, 2.05) is 13.0 Å². The third-order valence-electron chi connectivity index (χ3n) is 1.95. The Morgan fingerprint density at radius 1 is 1.79 bits per heavy atom. The maximum atomic E-state index is 11.5. The maximum Gasteiger partial charge on any atom is 0.254 e. The highest BCUT2D eigenvalue weighted by atomic mass is 16.3. The van der Waals surface area contributed by atoms with Gasteiger partial charge in [0, 0.05) is 6.04 Å². The molecule has 1 aromatic rings. The summed E-state index contributed by atoms with van der Waals surface area (Å²) in [5.74, 6) is -0.194. The van der Waals surface area contributed by atoms with Crippen molar-refractivity contribution in [2.75, 3.05) is 0 Å².